The quantitative estimate of drug-likeness (QED) is 0.486. The van der Waals surface area contributed by atoms with Crippen LogP contribution in [0.15, 0.2) is 54.6 Å². The molecule has 2 amide bonds. The van der Waals surface area contributed by atoms with Crippen molar-refractivity contribution in [1.82, 2.24) is 10.2 Å². The van der Waals surface area contributed by atoms with E-state index >= 15 is 0 Å². The molecule has 3 aromatic carbocycles. The van der Waals surface area contributed by atoms with E-state index in [0.717, 1.165) is 21.5 Å². The lowest BCUT2D eigenvalue weighted by Crippen LogP contribution is -2.54. The van der Waals surface area contributed by atoms with Gasteiger partial charge in [-0.05, 0) is 45.8 Å². The van der Waals surface area contributed by atoms with E-state index in [0.29, 0.717) is 25.2 Å². The van der Waals surface area contributed by atoms with Crippen LogP contribution >= 0.6 is 0 Å². The number of ether oxygens (including phenoxy) is 3. The van der Waals surface area contributed by atoms with E-state index < -0.39 is 23.7 Å². The molecule has 2 saturated heterocycles. The molecule has 1 spiro atoms. The second-order valence-electron chi connectivity index (χ2n) is 8.22. The number of esters is 1. The molecule has 0 radical (unpaired) electrons. The number of hydrogen-bond acceptors (Lipinski definition) is 6. The van der Waals surface area contributed by atoms with Crippen LogP contribution in [0.25, 0.3) is 21.5 Å². The predicted octanol–water partition coefficient (Wildman–Crippen LogP) is 2.24. The standard InChI is InChI=1S/C25H24N2O6/c1-31-24(30)22-25(32-10-11-33-25)8-9-27(22)21(28)15-26-23(29)19-7-6-18-12-16-4-2-3-5-17(16)13-20(18)14-19/h2-7,12-14,22H,8-11,15H2,1H3,(H,26,29)/t22-/m1/s1. The van der Waals surface area contributed by atoms with Crippen LogP contribution < -0.4 is 5.32 Å². The highest BCUT2D eigenvalue weighted by atomic mass is 16.7. The Kier molecular flexibility index (Phi) is 5.47. The molecule has 2 aliphatic heterocycles. The lowest BCUT2D eigenvalue weighted by atomic mass is 10.0. The maximum Gasteiger partial charge on any atom is 0.334 e. The van der Waals surface area contributed by atoms with E-state index in [1.165, 1.54) is 12.0 Å². The minimum Gasteiger partial charge on any atom is -0.467 e. The first kappa shape index (κ1) is 21.4. The highest BCUT2D eigenvalue weighted by molar-refractivity contribution is 6.03. The molecule has 0 unspecified atom stereocenters. The average molecular weight is 448 g/mol. The van der Waals surface area contributed by atoms with Gasteiger partial charge in [-0.1, -0.05) is 30.3 Å². The second kappa shape index (κ2) is 8.46. The number of methoxy groups -OCH3 is 1. The van der Waals surface area contributed by atoms with Crippen LogP contribution in [-0.4, -0.2) is 67.9 Å². The Balaban J connectivity index is 1.30. The fourth-order valence-electron chi connectivity index (χ4n) is 4.68. The first-order valence-corrected chi connectivity index (χ1v) is 10.9. The molecule has 0 aromatic heterocycles. The van der Waals surface area contributed by atoms with Crippen molar-refractivity contribution in [3.63, 3.8) is 0 Å². The zero-order valence-electron chi connectivity index (χ0n) is 18.2. The maximum absolute atomic E-state index is 12.9. The summed E-state index contributed by atoms with van der Waals surface area (Å²) in [7, 11) is 1.26. The topological polar surface area (TPSA) is 94.2 Å². The monoisotopic (exact) mass is 448 g/mol. The Morgan fingerprint density at radius 3 is 2.36 bits per heavy atom. The fourth-order valence-corrected chi connectivity index (χ4v) is 4.68. The third kappa shape index (κ3) is 3.81. The van der Waals surface area contributed by atoms with Gasteiger partial charge in [-0.2, -0.15) is 0 Å². The molecule has 8 nitrogen and oxygen atoms in total. The van der Waals surface area contributed by atoms with Gasteiger partial charge >= 0.3 is 5.97 Å². The zero-order valence-corrected chi connectivity index (χ0v) is 18.2. The summed E-state index contributed by atoms with van der Waals surface area (Å²) in [4.78, 5) is 39.4. The molecule has 2 aliphatic rings. The highest BCUT2D eigenvalue weighted by Gasteiger charge is 2.57. The van der Waals surface area contributed by atoms with Crippen molar-refractivity contribution in [3.05, 3.63) is 60.2 Å². The summed E-state index contributed by atoms with van der Waals surface area (Å²) >= 11 is 0. The molecule has 8 heteroatoms. The summed E-state index contributed by atoms with van der Waals surface area (Å²) in [6.45, 7) is 0.725. The first-order valence-electron chi connectivity index (χ1n) is 10.9. The molecule has 2 heterocycles. The Morgan fingerprint density at radius 1 is 1.00 bits per heavy atom. The van der Waals surface area contributed by atoms with Gasteiger partial charge in [-0.25, -0.2) is 4.79 Å². The van der Waals surface area contributed by atoms with Crippen molar-refractivity contribution in [2.24, 2.45) is 0 Å². The predicted molar refractivity (Wildman–Crippen MR) is 121 cm³/mol. The summed E-state index contributed by atoms with van der Waals surface area (Å²) in [6.07, 6.45) is 0.366. The molecule has 5 rings (SSSR count). The van der Waals surface area contributed by atoms with E-state index in [1.54, 1.807) is 6.07 Å². The zero-order chi connectivity index (χ0) is 23.0. The minimum atomic E-state index is -1.17. The van der Waals surface area contributed by atoms with Gasteiger partial charge in [0.25, 0.3) is 5.91 Å². The molecule has 0 aliphatic carbocycles. The van der Waals surface area contributed by atoms with Crippen molar-refractivity contribution in [2.75, 3.05) is 33.4 Å². The molecule has 1 N–H and O–H groups in total. The first-order chi connectivity index (χ1) is 16.0. The fraction of sp³-hybridized carbons (Fsp3) is 0.320. The second-order valence-corrected chi connectivity index (χ2v) is 8.22. The number of benzene rings is 3. The van der Waals surface area contributed by atoms with Crippen molar-refractivity contribution >= 4 is 39.3 Å². The van der Waals surface area contributed by atoms with Gasteiger partial charge in [-0.3, -0.25) is 9.59 Å². The number of likely N-dealkylation sites (tertiary alicyclic amines) is 1. The van der Waals surface area contributed by atoms with Gasteiger partial charge in [0.1, 0.15) is 0 Å². The summed E-state index contributed by atoms with van der Waals surface area (Å²) in [5.74, 6) is -2.54. The number of amides is 2. The summed E-state index contributed by atoms with van der Waals surface area (Å²) < 4.78 is 16.2. The van der Waals surface area contributed by atoms with E-state index in [9.17, 15) is 14.4 Å². The SMILES string of the molecule is COC(=O)[C@H]1N(C(=O)CNC(=O)c2ccc3cc4ccccc4cc3c2)CCC12OCCO2. The molecular weight excluding hydrogens is 424 g/mol. The molecule has 3 aromatic rings. The number of nitrogens with zero attached hydrogens (tertiary/aromatic N) is 1. The Bertz CT molecular complexity index is 1250. The number of carbonyl (C=O) groups is 3. The Labute approximate surface area is 190 Å². The molecule has 2 fully saturated rings. The van der Waals surface area contributed by atoms with Gasteiger partial charge in [0.2, 0.25) is 11.7 Å². The molecule has 0 saturated carbocycles. The van der Waals surface area contributed by atoms with Crippen molar-refractivity contribution < 1.29 is 28.6 Å². The van der Waals surface area contributed by atoms with Crippen LogP contribution in [-0.2, 0) is 23.8 Å². The van der Waals surface area contributed by atoms with Crippen LogP contribution in [0, 0.1) is 0 Å². The summed E-state index contributed by atoms with van der Waals surface area (Å²) in [5, 5.41) is 6.86. The number of nitrogens with one attached hydrogen (secondary N) is 1. The molecule has 1 atom stereocenters. The van der Waals surface area contributed by atoms with Gasteiger partial charge in [-0.15, -0.1) is 0 Å². The Hall–Kier alpha value is -3.49. The van der Waals surface area contributed by atoms with Crippen molar-refractivity contribution in [2.45, 2.75) is 18.2 Å². The van der Waals surface area contributed by atoms with E-state index in [-0.39, 0.29) is 19.0 Å². The van der Waals surface area contributed by atoms with Crippen LogP contribution in [0.5, 0.6) is 0 Å². The van der Waals surface area contributed by atoms with E-state index in [1.807, 2.05) is 42.5 Å². The average Bonchev–Trinajstić information content (AvgIpc) is 3.47. The van der Waals surface area contributed by atoms with Crippen LogP contribution in [0.2, 0.25) is 0 Å². The summed E-state index contributed by atoms with van der Waals surface area (Å²) in [6, 6.07) is 16.6. The molecule has 33 heavy (non-hydrogen) atoms. The number of carbonyl (C=O) groups excluding carboxylic acids is 3. The lowest BCUT2D eigenvalue weighted by Gasteiger charge is -2.31. The Morgan fingerprint density at radius 2 is 1.67 bits per heavy atom. The maximum atomic E-state index is 12.9. The van der Waals surface area contributed by atoms with Gasteiger partial charge in [0, 0.05) is 18.5 Å². The normalized spacial score (nSPS) is 19.3. The van der Waals surface area contributed by atoms with E-state index in [4.69, 9.17) is 14.2 Å². The van der Waals surface area contributed by atoms with Gasteiger partial charge in [0.15, 0.2) is 6.04 Å². The van der Waals surface area contributed by atoms with Crippen molar-refractivity contribution in [3.8, 4) is 0 Å². The van der Waals surface area contributed by atoms with Crippen LogP contribution in [0.3, 0.4) is 0 Å². The third-order valence-electron chi connectivity index (χ3n) is 6.32. The molecule has 170 valence electrons. The smallest absolute Gasteiger partial charge is 0.334 e. The van der Waals surface area contributed by atoms with Crippen LogP contribution in [0.1, 0.15) is 16.8 Å². The van der Waals surface area contributed by atoms with Crippen molar-refractivity contribution in [1.29, 1.82) is 0 Å². The van der Waals surface area contributed by atoms with Crippen LogP contribution in [0.4, 0.5) is 0 Å². The third-order valence-corrected chi connectivity index (χ3v) is 6.32. The lowest BCUT2D eigenvalue weighted by molar-refractivity contribution is -0.193. The molecule has 0 bridgehead atoms. The van der Waals surface area contributed by atoms with Gasteiger partial charge in [0.05, 0.1) is 26.9 Å². The number of hydrogen-bond donors (Lipinski definition) is 1. The molecular formula is C25H24N2O6. The van der Waals surface area contributed by atoms with E-state index in [2.05, 4.69) is 11.4 Å². The number of rotatable bonds is 4. The minimum absolute atomic E-state index is 0.252. The summed E-state index contributed by atoms with van der Waals surface area (Å²) in [5.41, 5.74) is 0.454. The highest BCUT2D eigenvalue weighted by Crippen LogP contribution is 2.37. The van der Waals surface area contributed by atoms with Gasteiger partial charge < -0.3 is 24.4 Å². The number of fused-ring (bicyclic) bond motifs is 2. The largest absolute Gasteiger partial charge is 0.467 e.